The molecule has 0 amide bonds. The number of hydrogen-bond acceptors (Lipinski definition) is 9. The third-order valence-electron chi connectivity index (χ3n) is 5.31. The number of carbonyl (C=O) groups is 1. The predicted octanol–water partition coefficient (Wildman–Crippen LogP) is 2.92. The second-order valence-electron chi connectivity index (χ2n) is 7.93. The summed E-state index contributed by atoms with van der Waals surface area (Å²) < 4.78 is 1.63. The highest BCUT2D eigenvalue weighted by Crippen LogP contribution is 2.24. The van der Waals surface area contributed by atoms with Crippen LogP contribution in [0.2, 0.25) is 0 Å². The Labute approximate surface area is 195 Å². The molecule has 3 aromatic heterocycles. The minimum Gasteiger partial charge on any atom is -0.394 e. The number of aliphatic hydroxyl groups excluding tert-OH is 2. The van der Waals surface area contributed by atoms with E-state index in [0.29, 0.717) is 18.1 Å². The SMILES string of the molecule is CC(C)c1cnn2c(NCc3ccc(-c4ccsc4)cc3)nc(NC(CO)C(=O)CO)nc12. The molecule has 0 saturated carbocycles. The molecule has 1 unspecified atom stereocenters. The Morgan fingerprint density at radius 3 is 2.55 bits per heavy atom. The Balaban J connectivity index is 1.60. The molecule has 0 spiro atoms. The molecule has 172 valence electrons. The van der Waals surface area contributed by atoms with Gasteiger partial charge >= 0.3 is 0 Å². The van der Waals surface area contributed by atoms with Crippen molar-refractivity contribution in [2.24, 2.45) is 0 Å². The Kier molecular flexibility index (Phi) is 6.97. The zero-order valence-electron chi connectivity index (χ0n) is 18.4. The van der Waals surface area contributed by atoms with Crippen LogP contribution in [0.4, 0.5) is 11.9 Å². The minimum atomic E-state index is -1.000. The molecule has 0 radical (unpaired) electrons. The van der Waals surface area contributed by atoms with Crippen molar-refractivity contribution in [3.63, 3.8) is 0 Å². The molecule has 1 atom stereocenters. The standard InChI is InChI=1S/C23H26N6O3S/c1-14(2)18-10-25-29-21(18)27-22(26-19(11-30)20(32)12-31)28-23(29)24-9-15-3-5-16(6-4-15)17-7-8-33-13-17/h3-8,10,13-14,19,30-31H,9,11-12H2,1-2H3,(H2,24,26,27,28). The second-order valence-corrected chi connectivity index (χ2v) is 8.71. The highest BCUT2D eigenvalue weighted by atomic mass is 32.1. The average Bonchev–Trinajstić information content (AvgIpc) is 3.51. The highest BCUT2D eigenvalue weighted by Gasteiger charge is 2.20. The first-order chi connectivity index (χ1) is 16.0. The second kappa shape index (κ2) is 10.1. The van der Waals surface area contributed by atoms with Crippen molar-refractivity contribution >= 4 is 34.7 Å². The van der Waals surface area contributed by atoms with Crippen LogP contribution in [0.5, 0.6) is 0 Å². The number of hydrogen-bond donors (Lipinski definition) is 4. The lowest BCUT2D eigenvalue weighted by molar-refractivity contribution is -0.123. The van der Waals surface area contributed by atoms with Crippen LogP contribution in [0.15, 0.2) is 47.3 Å². The van der Waals surface area contributed by atoms with E-state index in [0.717, 1.165) is 16.7 Å². The maximum absolute atomic E-state index is 11.9. The van der Waals surface area contributed by atoms with Crippen LogP contribution in [0.3, 0.4) is 0 Å². The first kappa shape index (κ1) is 22.8. The summed E-state index contributed by atoms with van der Waals surface area (Å²) in [4.78, 5) is 20.9. The van der Waals surface area contributed by atoms with Crippen molar-refractivity contribution in [3.05, 3.63) is 58.4 Å². The van der Waals surface area contributed by atoms with Crippen LogP contribution >= 0.6 is 11.3 Å². The van der Waals surface area contributed by atoms with E-state index in [1.54, 1.807) is 22.0 Å². The van der Waals surface area contributed by atoms with Gasteiger partial charge in [0.05, 0.1) is 12.8 Å². The van der Waals surface area contributed by atoms with E-state index in [1.807, 2.05) is 13.8 Å². The summed E-state index contributed by atoms with van der Waals surface area (Å²) in [6, 6.07) is 9.37. The molecule has 0 saturated heterocycles. The number of Topliss-reactive ketones (excluding diaryl/α,β-unsaturated/α-hetero) is 1. The summed E-state index contributed by atoms with van der Waals surface area (Å²) in [5.41, 5.74) is 4.95. The van der Waals surface area contributed by atoms with Gasteiger partial charge in [-0.05, 0) is 39.4 Å². The normalized spacial score (nSPS) is 12.3. The zero-order valence-corrected chi connectivity index (χ0v) is 19.2. The number of carbonyl (C=O) groups excluding carboxylic acids is 1. The van der Waals surface area contributed by atoms with E-state index in [1.165, 1.54) is 5.56 Å². The van der Waals surface area contributed by atoms with Gasteiger partial charge in [-0.1, -0.05) is 38.1 Å². The van der Waals surface area contributed by atoms with Crippen LogP contribution in [-0.4, -0.2) is 54.8 Å². The number of fused-ring (bicyclic) bond motifs is 1. The van der Waals surface area contributed by atoms with E-state index >= 15 is 0 Å². The van der Waals surface area contributed by atoms with Gasteiger partial charge in [0.25, 0.3) is 0 Å². The van der Waals surface area contributed by atoms with Crippen molar-refractivity contribution in [2.45, 2.75) is 32.4 Å². The van der Waals surface area contributed by atoms with Crippen LogP contribution in [0, 0.1) is 0 Å². The van der Waals surface area contributed by atoms with Crippen molar-refractivity contribution < 1.29 is 15.0 Å². The van der Waals surface area contributed by atoms with Crippen LogP contribution < -0.4 is 10.6 Å². The molecule has 9 nitrogen and oxygen atoms in total. The summed E-state index contributed by atoms with van der Waals surface area (Å²) in [5.74, 6) is 0.250. The fraction of sp³-hybridized carbons (Fsp3) is 0.304. The quantitative estimate of drug-likeness (QED) is 0.281. The summed E-state index contributed by atoms with van der Waals surface area (Å²) in [6.45, 7) is 3.42. The summed E-state index contributed by atoms with van der Waals surface area (Å²) in [7, 11) is 0. The van der Waals surface area contributed by atoms with Gasteiger partial charge in [-0.15, -0.1) is 0 Å². The van der Waals surface area contributed by atoms with Crippen molar-refractivity contribution in [3.8, 4) is 11.1 Å². The molecule has 3 heterocycles. The molecule has 0 bridgehead atoms. The van der Waals surface area contributed by atoms with Gasteiger partial charge in [-0.3, -0.25) is 4.79 Å². The van der Waals surface area contributed by atoms with Gasteiger partial charge < -0.3 is 20.8 Å². The number of aromatic nitrogens is 4. The molecule has 1 aromatic carbocycles. The molecular formula is C23H26N6O3S. The van der Waals surface area contributed by atoms with Gasteiger partial charge in [0.1, 0.15) is 12.6 Å². The number of benzene rings is 1. The molecule has 4 N–H and O–H groups in total. The number of nitrogens with one attached hydrogen (secondary N) is 2. The molecule has 4 rings (SSSR count). The Hall–Kier alpha value is -3.34. The zero-order chi connectivity index (χ0) is 23.4. The largest absolute Gasteiger partial charge is 0.394 e. The van der Waals surface area contributed by atoms with E-state index in [-0.39, 0.29) is 11.9 Å². The number of aliphatic hydroxyl groups is 2. The fourth-order valence-corrected chi connectivity index (χ4v) is 4.06. The molecule has 0 aliphatic heterocycles. The molecule has 0 fully saturated rings. The topological polar surface area (TPSA) is 125 Å². The van der Waals surface area contributed by atoms with Crippen LogP contribution in [-0.2, 0) is 11.3 Å². The number of thiophene rings is 1. The maximum atomic E-state index is 11.9. The highest BCUT2D eigenvalue weighted by molar-refractivity contribution is 7.08. The first-order valence-electron chi connectivity index (χ1n) is 10.6. The van der Waals surface area contributed by atoms with Gasteiger partial charge in [0, 0.05) is 12.1 Å². The summed E-state index contributed by atoms with van der Waals surface area (Å²) in [5, 5.41) is 33.4. The lowest BCUT2D eigenvalue weighted by Gasteiger charge is -2.16. The maximum Gasteiger partial charge on any atom is 0.229 e. The van der Waals surface area contributed by atoms with E-state index < -0.39 is 25.0 Å². The van der Waals surface area contributed by atoms with Gasteiger partial charge in [-0.2, -0.15) is 30.9 Å². The minimum absolute atomic E-state index is 0.168. The average molecular weight is 467 g/mol. The van der Waals surface area contributed by atoms with Gasteiger partial charge in [0.15, 0.2) is 11.4 Å². The van der Waals surface area contributed by atoms with Crippen LogP contribution in [0.25, 0.3) is 16.8 Å². The molecular weight excluding hydrogens is 440 g/mol. The number of rotatable bonds is 10. The van der Waals surface area contributed by atoms with E-state index in [9.17, 15) is 9.90 Å². The van der Waals surface area contributed by atoms with Gasteiger partial charge in [0.2, 0.25) is 11.9 Å². The number of anilines is 2. The molecule has 33 heavy (non-hydrogen) atoms. The van der Waals surface area contributed by atoms with Crippen molar-refractivity contribution in [2.75, 3.05) is 23.8 Å². The summed E-state index contributed by atoms with van der Waals surface area (Å²) >= 11 is 1.67. The first-order valence-corrected chi connectivity index (χ1v) is 11.6. The Bertz CT molecular complexity index is 1220. The van der Waals surface area contributed by atoms with E-state index in [4.69, 9.17) is 5.11 Å². The monoisotopic (exact) mass is 466 g/mol. The summed E-state index contributed by atoms with van der Waals surface area (Å²) in [6.07, 6.45) is 1.75. The number of ketones is 1. The number of nitrogens with zero attached hydrogens (tertiary/aromatic N) is 4. The van der Waals surface area contributed by atoms with Crippen molar-refractivity contribution in [1.82, 2.24) is 19.6 Å². The molecule has 4 aromatic rings. The molecule has 0 aliphatic carbocycles. The third kappa shape index (κ3) is 5.03. The molecule has 0 aliphatic rings. The van der Waals surface area contributed by atoms with Gasteiger partial charge in [-0.25, -0.2) is 0 Å². The Morgan fingerprint density at radius 2 is 1.91 bits per heavy atom. The predicted molar refractivity (Wildman–Crippen MR) is 129 cm³/mol. The molecule has 10 heteroatoms. The lowest BCUT2D eigenvalue weighted by Crippen LogP contribution is -2.36. The van der Waals surface area contributed by atoms with Crippen LogP contribution in [0.1, 0.15) is 30.9 Å². The van der Waals surface area contributed by atoms with E-state index in [2.05, 4.69) is 66.8 Å². The lowest BCUT2D eigenvalue weighted by atomic mass is 10.1. The fourth-order valence-electron chi connectivity index (χ4n) is 3.40. The third-order valence-corrected chi connectivity index (χ3v) is 5.99. The van der Waals surface area contributed by atoms with Crippen molar-refractivity contribution in [1.29, 1.82) is 0 Å². The Morgan fingerprint density at radius 1 is 1.12 bits per heavy atom. The smallest absolute Gasteiger partial charge is 0.229 e.